The Kier molecular flexibility index (Phi) is 6.87. The third-order valence-corrected chi connectivity index (χ3v) is 7.36. The smallest absolute Gasteiger partial charge is 0.330 e. The molecule has 0 bridgehead atoms. The van der Waals surface area contributed by atoms with Crippen LogP contribution in [0.25, 0.3) is 10.4 Å². The van der Waals surface area contributed by atoms with Gasteiger partial charge < -0.3 is 20.1 Å². The summed E-state index contributed by atoms with van der Waals surface area (Å²) < 4.78 is 22.0. The van der Waals surface area contributed by atoms with Gasteiger partial charge in [-0.15, -0.1) is 11.3 Å². The van der Waals surface area contributed by atoms with Crippen LogP contribution in [0.5, 0.6) is 0 Å². The SMILES string of the molecule is COP(=O)(CCc1ccc(C(=O)Nc2cc(-c3cccs3)ccc2N)cc1)OC. The molecule has 8 heteroatoms. The average molecular weight is 430 g/mol. The van der Waals surface area contributed by atoms with Crippen molar-refractivity contribution >= 4 is 36.2 Å². The van der Waals surface area contributed by atoms with E-state index >= 15 is 0 Å². The Labute approximate surface area is 174 Å². The Bertz CT molecular complexity index is 1010. The fourth-order valence-electron chi connectivity index (χ4n) is 2.80. The van der Waals surface area contributed by atoms with Crippen LogP contribution in [-0.4, -0.2) is 26.3 Å². The molecule has 2 aromatic carbocycles. The highest BCUT2D eigenvalue weighted by molar-refractivity contribution is 7.53. The molecule has 1 amide bonds. The average Bonchev–Trinajstić information content (AvgIpc) is 3.29. The van der Waals surface area contributed by atoms with E-state index in [0.717, 1.165) is 16.0 Å². The van der Waals surface area contributed by atoms with Crippen LogP contribution in [0.2, 0.25) is 0 Å². The highest BCUT2D eigenvalue weighted by atomic mass is 32.1. The van der Waals surface area contributed by atoms with E-state index in [9.17, 15) is 9.36 Å². The molecule has 0 spiro atoms. The van der Waals surface area contributed by atoms with Gasteiger partial charge in [-0.2, -0.15) is 0 Å². The molecule has 3 rings (SSSR count). The zero-order chi connectivity index (χ0) is 20.9. The fourth-order valence-corrected chi connectivity index (χ4v) is 4.57. The van der Waals surface area contributed by atoms with Gasteiger partial charge in [0.25, 0.3) is 5.91 Å². The molecule has 0 saturated carbocycles. The van der Waals surface area contributed by atoms with Crippen LogP contribution in [0.3, 0.4) is 0 Å². The molecule has 0 aliphatic carbocycles. The van der Waals surface area contributed by atoms with Crippen molar-refractivity contribution < 1.29 is 18.4 Å². The van der Waals surface area contributed by atoms with Crippen LogP contribution in [0.1, 0.15) is 15.9 Å². The van der Waals surface area contributed by atoms with Gasteiger partial charge in [0, 0.05) is 24.7 Å². The van der Waals surface area contributed by atoms with Crippen molar-refractivity contribution in [2.75, 3.05) is 31.4 Å². The van der Waals surface area contributed by atoms with Gasteiger partial charge in [0.1, 0.15) is 0 Å². The van der Waals surface area contributed by atoms with Crippen molar-refractivity contribution in [3.05, 3.63) is 71.1 Å². The maximum absolute atomic E-state index is 12.6. The molecule has 0 unspecified atom stereocenters. The van der Waals surface area contributed by atoms with Crippen molar-refractivity contribution in [2.45, 2.75) is 6.42 Å². The molecule has 1 aromatic heterocycles. The molecule has 0 saturated heterocycles. The first-order chi connectivity index (χ1) is 13.9. The number of rotatable bonds is 8. The van der Waals surface area contributed by atoms with E-state index in [0.29, 0.717) is 23.4 Å². The number of nitrogens with two attached hydrogens (primary N) is 1. The summed E-state index contributed by atoms with van der Waals surface area (Å²) in [4.78, 5) is 13.7. The van der Waals surface area contributed by atoms with Crippen molar-refractivity contribution in [3.63, 3.8) is 0 Å². The molecule has 0 radical (unpaired) electrons. The summed E-state index contributed by atoms with van der Waals surface area (Å²) in [6.07, 6.45) is 0.800. The van der Waals surface area contributed by atoms with Gasteiger partial charge in [-0.05, 0) is 53.3 Å². The molecule has 0 atom stereocenters. The fraction of sp³-hybridized carbons (Fsp3) is 0.190. The maximum atomic E-state index is 12.6. The van der Waals surface area contributed by atoms with Crippen LogP contribution in [0, 0.1) is 0 Å². The third-order valence-electron chi connectivity index (χ3n) is 4.55. The summed E-state index contributed by atoms with van der Waals surface area (Å²) in [7, 11) is -0.303. The van der Waals surface area contributed by atoms with Crippen molar-refractivity contribution in [1.82, 2.24) is 0 Å². The molecule has 1 heterocycles. The second-order valence-electron chi connectivity index (χ2n) is 6.38. The van der Waals surface area contributed by atoms with Crippen LogP contribution < -0.4 is 11.1 Å². The normalized spacial score (nSPS) is 11.4. The zero-order valence-electron chi connectivity index (χ0n) is 16.3. The molecule has 0 aliphatic rings. The lowest BCUT2D eigenvalue weighted by Crippen LogP contribution is -2.13. The Hall–Kier alpha value is -2.44. The van der Waals surface area contributed by atoms with Crippen LogP contribution in [0.4, 0.5) is 11.4 Å². The van der Waals surface area contributed by atoms with E-state index in [-0.39, 0.29) is 12.1 Å². The third kappa shape index (κ3) is 5.34. The van der Waals surface area contributed by atoms with Crippen molar-refractivity contribution in [3.8, 4) is 10.4 Å². The molecular weight excluding hydrogens is 407 g/mol. The van der Waals surface area contributed by atoms with Gasteiger partial charge in [0.15, 0.2) is 0 Å². The lowest BCUT2D eigenvalue weighted by atomic mass is 10.1. The lowest BCUT2D eigenvalue weighted by molar-refractivity contribution is 0.102. The number of hydrogen-bond donors (Lipinski definition) is 2. The number of hydrogen-bond acceptors (Lipinski definition) is 6. The number of nitrogens with one attached hydrogen (secondary N) is 1. The molecule has 152 valence electrons. The quantitative estimate of drug-likeness (QED) is 0.375. The van der Waals surface area contributed by atoms with E-state index in [1.807, 2.05) is 41.8 Å². The van der Waals surface area contributed by atoms with E-state index < -0.39 is 7.60 Å². The van der Waals surface area contributed by atoms with Gasteiger partial charge in [-0.25, -0.2) is 0 Å². The second kappa shape index (κ2) is 9.37. The molecule has 6 nitrogen and oxygen atoms in total. The second-order valence-corrected chi connectivity index (χ2v) is 9.73. The summed E-state index contributed by atoms with van der Waals surface area (Å²) in [5, 5.41) is 4.88. The molecule has 3 aromatic rings. The Morgan fingerprint density at radius 1 is 1.10 bits per heavy atom. The Morgan fingerprint density at radius 3 is 2.45 bits per heavy atom. The largest absolute Gasteiger partial charge is 0.397 e. The summed E-state index contributed by atoms with van der Waals surface area (Å²) in [5.74, 6) is -0.244. The van der Waals surface area contributed by atoms with E-state index in [4.69, 9.17) is 14.8 Å². The minimum atomic E-state index is -3.05. The minimum absolute atomic E-state index is 0.244. The first-order valence-electron chi connectivity index (χ1n) is 8.98. The van der Waals surface area contributed by atoms with Gasteiger partial charge >= 0.3 is 7.60 Å². The van der Waals surface area contributed by atoms with E-state index in [2.05, 4.69) is 5.32 Å². The monoisotopic (exact) mass is 430 g/mol. The Balaban J connectivity index is 1.68. The van der Waals surface area contributed by atoms with Crippen LogP contribution in [-0.2, 0) is 20.0 Å². The van der Waals surface area contributed by atoms with Gasteiger partial charge in [0.05, 0.1) is 17.5 Å². The number of carbonyl (C=O) groups excluding carboxylic acids is 1. The van der Waals surface area contributed by atoms with E-state index in [1.165, 1.54) is 14.2 Å². The van der Waals surface area contributed by atoms with Crippen molar-refractivity contribution in [1.29, 1.82) is 0 Å². The molecule has 29 heavy (non-hydrogen) atoms. The molecule has 3 N–H and O–H groups in total. The van der Waals surface area contributed by atoms with Crippen LogP contribution in [0.15, 0.2) is 60.0 Å². The number of nitrogen functional groups attached to an aromatic ring is 1. The van der Waals surface area contributed by atoms with Gasteiger partial charge in [0.2, 0.25) is 0 Å². The predicted molar refractivity (Wildman–Crippen MR) is 119 cm³/mol. The molecular formula is C21H23N2O4PS. The van der Waals surface area contributed by atoms with Crippen molar-refractivity contribution in [2.24, 2.45) is 0 Å². The topological polar surface area (TPSA) is 90.7 Å². The first-order valence-corrected chi connectivity index (χ1v) is 11.6. The predicted octanol–water partition coefficient (Wildman–Crippen LogP) is 5.28. The molecule has 0 aliphatic heterocycles. The number of thiophene rings is 1. The lowest BCUT2D eigenvalue weighted by Gasteiger charge is -2.13. The van der Waals surface area contributed by atoms with Gasteiger partial charge in [-0.3, -0.25) is 9.36 Å². The minimum Gasteiger partial charge on any atom is -0.397 e. The number of amides is 1. The zero-order valence-corrected chi connectivity index (χ0v) is 18.0. The summed E-state index contributed by atoms with van der Waals surface area (Å²) in [6.45, 7) is 0. The summed E-state index contributed by atoms with van der Waals surface area (Å²) in [6, 6.07) is 16.7. The highest BCUT2D eigenvalue weighted by Gasteiger charge is 2.20. The first kappa shape index (κ1) is 21.3. The highest BCUT2D eigenvalue weighted by Crippen LogP contribution is 2.46. The van der Waals surface area contributed by atoms with Gasteiger partial charge in [-0.1, -0.05) is 24.3 Å². The molecule has 0 fully saturated rings. The number of aryl methyl sites for hydroxylation is 1. The van der Waals surface area contributed by atoms with E-state index in [1.54, 1.807) is 29.5 Å². The number of benzene rings is 2. The summed E-state index contributed by atoms with van der Waals surface area (Å²) in [5.41, 5.74) is 9.57. The summed E-state index contributed by atoms with van der Waals surface area (Å²) >= 11 is 1.63. The number of carbonyl (C=O) groups is 1. The standard InChI is InChI=1S/C21H23N2O4PS/c1-26-28(25,27-2)12-11-15-5-7-16(8-6-15)21(24)23-19-14-17(9-10-18(19)22)20-4-3-13-29-20/h3-10,13-14H,11-12,22H2,1-2H3,(H,23,24). The number of anilines is 2. The Morgan fingerprint density at radius 2 is 1.83 bits per heavy atom. The van der Waals surface area contributed by atoms with Crippen LogP contribution >= 0.6 is 18.9 Å². The maximum Gasteiger partial charge on any atom is 0.330 e.